The predicted molar refractivity (Wildman–Crippen MR) is 83.2 cm³/mol. The Kier molecular flexibility index (Phi) is 5.05. The SMILES string of the molecule is CSc1ccccc1OCC(=O)Nc1ccc(F)c(N)c1. The Hall–Kier alpha value is -2.21. The summed E-state index contributed by atoms with van der Waals surface area (Å²) in [6.07, 6.45) is 1.93. The van der Waals surface area contributed by atoms with E-state index in [-0.39, 0.29) is 18.2 Å². The van der Waals surface area contributed by atoms with E-state index in [1.165, 1.54) is 30.0 Å². The van der Waals surface area contributed by atoms with Crippen molar-refractivity contribution in [2.24, 2.45) is 0 Å². The first-order chi connectivity index (χ1) is 10.1. The van der Waals surface area contributed by atoms with Crippen LogP contribution in [0.5, 0.6) is 5.75 Å². The third-order valence-corrected chi connectivity index (χ3v) is 3.48. The number of halogens is 1. The summed E-state index contributed by atoms with van der Waals surface area (Å²) >= 11 is 1.54. The highest BCUT2D eigenvalue weighted by atomic mass is 32.2. The lowest BCUT2D eigenvalue weighted by Gasteiger charge is -2.10. The van der Waals surface area contributed by atoms with Crippen molar-refractivity contribution in [3.63, 3.8) is 0 Å². The summed E-state index contributed by atoms with van der Waals surface area (Å²) in [5.74, 6) is -0.200. The second-order valence-electron chi connectivity index (χ2n) is 4.22. The second kappa shape index (κ2) is 6.99. The van der Waals surface area contributed by atoms with Crippen molar-refractivity contribution in [1.82, 2.24) is 0 Å². The van der Waals surface area contributed by atoms with E-state index in [2.05, 4.69) is 5.32 Å². The zero-order valence-corrected chi connectivity index (χ0v) is 12.2. The molecule has 0 spiro atoms. The van der Waals surface area contributed by atoms with Crippen LogP contribution in [0.4, 0.5) is 15.8 Å². The van der Waals surface area contributed by atoms with E-state index < -0.39 is 5.82 Å². The number of nitrogens with two attached hydrogens (primary N) is 1. The number of carbonyl (C=O) groups is 1. The Morgan fingerprint density at radius 2 is 2.10 bits per heavy atom. The van der Waals surface area contributed by atoms with Gasteiger partial charge in [-0.1, -0.05) is 12.1 Å². The first-order valence-corrected chi connectivity index (χ1v) is 7.43. The number of hydrogen-bond acceptors (Lipinski definition) is 4. The van der Waals surface area contributed by atoms with Crippen molar-refractivity contribution in [2.45, 2.75) is 4.90 Å². The topological polar surface area (TPSA) is 64.3 Å². The molecular formula is C15H15FN2O2S. The van der Waals surface area contributed by atoms with Crippen LogP contribution in [-0.2, 0) is 4.79 Å². The molecule has 2 rings (SSSR count). The number of amides is 1. The lowest BCUT2D eigenvalue weighted by atomic mass is 10.2. The van der Waals surface area contributed by atoms with E-state index in [0.29, 0.717) is 11.4 Å². The Morgan fingerprint density at radius 1 is 1.33 bits per heavy atom. The Labute approximate surface area is 126 Å². The first-order valence-electron chi connectivity index (χ1n) is 6.21. The van der Waals surface area contributed by atoms with Crippen molar-refractivity contribution in [1.29, 1.82) is 0 Å². The monoisotopic (exact) mass is 306 g/mol. The highest BCUT2D eigenvalue weighted by molar-refractivity contribution is 7.98. The summed E-state index contributed by atoms with van der Waals surface area (Å²) in [5, 5.41) is 2.60. The van der Waals surface area contributed by atoms with Crippen LogP contribution in [0.25, 0.3) is 0 Å². The Bertz CT molecular complexity index is 649. The molecule has 2 aromatic carbocycles. The number of benzene rings is 2. The maximum Gasteiger partial charge on any atom is 0.262 e. The summed E-state index contributed by atoms with van der Waals surface area (Å²) in [7, 11) is 0. The summed E-state index contributed by atoms with van der Waals surface area (Å²) in [6, 6.07) is 11.5. The van der Waals surface area contributed by atoms with Gasteiger partial charge in [-0.05, 0) is 36.6 Å². The quantitative estimate of drug-likeness (QED) is 0.658. The average molecular weight is 306 g/mol. The fourth-order valence-corrected chi connectivity index (χ4v) is 2.24. The van der Waals surface area contributed by atoms with Gasteiger partial charge < -0.3 is 15.8 Å². The molecule has 0 aromatic heterocycles. The van der Waals surface area contributed by atoms with Gasteiger partial charge in [-0.25, -0.2) is 4.39 Å². The molecule has 110 valence electrons. The summed E-state index contributed by atoms with van der Waals surface area (Å²) in [6.45, 7) is -0.130. The van der Waals surface area contributed by atoms with Crippen LogP contribution >= 0.6 is 11.8 Å². The molecule has 0 fully saturated rings. The third kappa shape index (κ3) is 4.13. The van der Waals surface area contributed by atoms with Crippen LogP contribution < -0.4 is 15.8 Å². The predicted octanol–water partition coefficient (Wildman–Crippen LogP) is 3.15. The summed E-state index contributed by atoms with van der Waals surface area (Å²) in [5.41, 5.74) is 5.86. The van der Waals surface area contributed by atoms with Crippen molar-refractivity contribution >= 4 is 29.0 Å². The van der Waals surface area contributed by atoms with E-state index in [9.17, 15) is 9.18 Å². The molecule has 0 heterocycles. The molecule has 0 bridgehead atoms. The van der Waals surface area contributed by atoms with Crippen LogP contribution in [0.1, 0.15) is 0 Å². The maximum atomic E-state index is 13.0. The molecule has 2 aromatic rings. The smallest absolute Gasteiger partial charge is 0.262 e. The van der Waals surface area contributed by atoms with E-state index in [4.69, 9.17) is 10.5 Å². The van der Waals surface area contributed by atoms with Crippen molar-refractivity contribution in [3.05, 3.63) is 48.3 Å². The van der Waals surface area contributed by atoms with Crippen LogP contribution in [0.2, 0.25) is 0 Å². The molecule has 1 amide bonds. The van der Waals surface area contributed by atoms with Gasteiger partial charge in [0.05, 0.1) is 5.69 Å². The number of thioether (sulfide) groups is 1. The number of anilines is 2. The molecule has 0 aliphatic heterocycles. The highest BCUT2D eigenvalue weighted by Gasteiger charge is 2.07. The van der Waals surface area contributed by atoms with E-state index in [1.807, 2.05) is 24.5 Å². The molecule has 6 heteroatoms. The molecule has 0 aliphatic rings. The molecule has 0 saturated heterocycles. The van der Waals surface area contributed by atoms with Crippen LogP contribution in [0.15, 0.2) is 47.4 Å². The largest absolute Gasteiger partial charge is 0.483 e. The average Bonchev–Trinajstić information content (AvgIpc) is 2.49. The van der Waals surface area contributed by atoms with Crippen molar-refractivity contribution in [2.75, 3.05) is 23.9 Å². The lowest BCUT2D eigenvalue weighted by molar-refractivity contribution is -0.118. The van der Waals surface area contributed by atoms with Crippen LogP contribution in [0, 0.1) is 5.82 Å². The number of para-hydroxylation sites is 1. The minimum Gasteiger partial charge on any atom is -0.483 e. The molecule has 0 aliphatic carbocycles. The molecule has 3 N–H and O–H groups in total. The molecule has 0 atom stereocenters. The van der Waals surface area contributed by atoms with Gasteiger partial charge in [0, 0.05) is 10.6 Å². The first kappa shape index (κ1) is 15.2. The Morgan fingerprint density at radius 3 is 2.81 bits per heavy atom. The standard InChI is InChI=1S/C15H15FN2O2S/c1-21-14-5-3-2-4-13(14)20-9-15(19)18-10-6-7-11(16)12(17)8-10/h2-8H,9,17H2,1H3,(H,18,19). The summed E-state index contributed by atoms with van der Waals surface area (Å²) in [4.78, 5) is 12.8. The number of carbonyl (C=O) groups excluding carboxylic acids is 1. The highest BCUT2D eigenvalue weighted by Crippen LogP contribution is 2.26. The molecule has 0 saturated carbocycles. The van der Waals surface area contributed by atoms with Gasteiger partial charge in [0.2, 0.25) is 0 Å². The van der Waals surface area contributed by atoms with Gasteiger partial charge in [0.25, 0.3) is 5.91 Å². The van der Waals surface area contributed by atoms with Gasteiger partial charge in [0.15, 0.2) is 6.61 Å². The number of rotatable bonds is 5. The van der Waals surface area contributed by atoms with Gasteiger partial charge in [-0.3, -0.25) is 4.79 Å². The third-order valence-electron chi connectivity index (χ3n) is 2.71. The zero-order valence-electron chi connectivity index (χ0n) is 11.4. The maximum absolute atomic E-state index is 13.0. The van der Waals surface area contributed by atoms with E-state index in [0.717, 1.165) is 4.90 Å². The van der Waals surface area contributed by atoms with Crippen LogP contribution in [0.3, 0.4) is 0 Å². The fourth-order valence-electron chi connectivity index (χ4n) is 1.70. The number of hydrogen-bond donors (Lipinski definition) is 2. The minimum atomic E-state index is -0.516. The lowest BCUT2D eigenvalue weighted by Crippen LogP contribution is -2.20. The number of nitrogens with one attached hydrogen (secondary N) is 1. The van der Waals surface area contributed by atoms with Crippen molar-refractivity contribution < 1.29 is 13.9 Å². The van der Waals surface area contributed by atoms with Crippen molar-refractivity contribution in [3.8, 4) is 5.75 Å². The molecule has 4 nitrogen and oxygen atoms in total. The number of ether oxygens (including phenoxy) is 1. The minimum absolute atomic E-state index is 0.0125. The van der Waals surface area contributed by atoms with Gasteiger partial charge >= 0.3 is 0 Å². The zero-order chi connectivity index (χ0) is 15.2. The number of nitrogen functional groups attached to an aromatic ring is 1. The van der Waals surface area contributed by atoms with Gasteiger partial charge in [-0.15, -0.1) is 11.8 Å². The summed E-state index contributed by atoms with van der Waals surface area (Å²) < 4.78 is 18.5. The van der Waals surface area contributed by atoms with E-state index in [1.54, 1.807) is 6.07 Å². The molecular weight excluding hydrogens is 291 g/mol. The van der Waals surface area contributed by atoms with Gasteiger partial charge in [0.1, 0.15) is 11.6 Å². The van der Waals surface area contributed by atoms with E-state index >= 15 is 0 Å². The Balaban J connectivity index is 1.94. The fraction of sp³-hybridized carbons (Fsp3) is 0.133. The molecule has 21 heavy (non-hydrogen) atoms. The molecule has 0 radical (unpaired) electrons. The van der Waals surface area contributed by atoms with Crippen LogP contribution in [-0.4, -0.2) is 18.8 Å². The second-order valence-corrected chi connectivity index (χ2v) is 5.07. The molecule has 0 unspecified atom stereocenters. The van der Waals surface area contributed by atoms with Gasteiger partial charge in [-0.2, -0.15) is 0 Å². The normalized spacial score (nSPS) is 10.2.